The highest BCUT2D eigenvalue weighted by Gasteiger charge is 1.97. The molecule has 1 aromatic carbocycles. The minimum absolute atomic E-state index is 0.389. The van der Waals surface area contributed by atoms with E-state index in [2.05, 4.69) is 16.4 Å². The van der Waals surface area contributed by atoms with E-state index in [0.29, 0.717) is 23.6 Å². The Balaban J connectivity index is 2.02. The van der Waals surface area contributed by atoms with Crippen molar-refractivity contribution in [1.29, 1.82) is 10.5 Å². The Hall–Kier alpha value is -2.85. The first-order chi connectivity index (χ1) is 8.81. The second-order valence-corrected chi connectivity index (χ2v) is 3.68. The molecule has 86 valence electrons. The summed E-state index contributed by atoms with van der Waals surface area (Å²) in [5.41, 5.74) is 2.08. The van der Waals surface area contributed by atoms with E-state index >= 15 is 0 Å². The van der Waals surface area contributed by atoms with Gasteiger partial charge in [0, 0.05) is 6.54 Å². The molecule has 0 unspecified atom stereocenters. The normalized spacial score (nSPS) is 9.22. The maximum Gasteiger partial charge on any atom is 0.142 e. The minimum atomic E-state index is 0.389. The Morgan fingerprint density at radius 2 is 1.78 bits per heavy atom. The van der Waals surface area contributed by atoms with Crippen LogP contribution in [0.1, 0.15) is 16.8 Å². The van der Waals surface area contributed by atoms with Gasteiger partial charge in [0.25, 0.3) is 0 Å². The number of hydrogen-bond acceptors (Lipinski definition) is 4. The van der Waals surface area contributed by atoms with Crippen molar-refractivity contribution in [3.63, 3.8) is 0 Å². The number of nitriles is 2. The van der Waals surface area contributed by atoms with Crippen LogP contribution < -0.4 is 5.32 Å². The number of hydrogen-bond donors (Lipinski definition) is 1. The van der Waals surface area contributed by atoms with Crippen LogP contribution in [0.3, 0.4) is 0 Å². The summed E-state index contributed by atoms with van der Waals surface area (Å²) < 4.78 is 0. The van der Waals surface area contributed by atoms with Crippen LogP contribution in [-0.4, -0.2) is 4.98 Å². The number of rotatable bonds is 3. The fourth-order valence-corrected chi connectivity index (χ4v) is 1.49. The summed E-state index contributed by atoms with van der Waals surface area (Å²) in [6, 6.07) is 16.6. The highest BCUT2D eigenvalue weighted by atomic mass is 15.0. The van der Waals surface area contributed by atoms with E-state index in [9.17, 15) is 0 Å². The van der Waals surface area contributed by atoms with Gasteiger partial charge >= 0.3 is 0 Å². The van der Waals surface area contributed by atoms with Crippen molar-refractivity contribution in [2.45, 2.75) is 6.54 Å². The van der Waals surface area contributed by atoms with Gasteiger partial charge in [-0.25, -0.2) is 4.98 Å². The van der Waals surface area contributed by atoms with E-state index in [1.165, 1.54) is 0 Å². The molecule has 0 aliphatic carbocycles. The molecule has 0 saturated carbocycles. The molecule has 0 fully saturated rings. The molecule has 1 N–H and O–H groups in total. The molecule has 1 heterocycles. The largest absolute Gasteiger partial charge is 0.366 e. The van der Waals surface area contributed by atoms with Gasteiger partial charge in [-0.3, -0.25) is 0 Å². The summed E-state index contributed by atoms with van der Waals surface area (Å²) in [6.45, 7) is 0.605. The van der Waals surface area contributed by atoms with Crippen molar-refractivity contribution in [2.24, 2.45) is 0 Å². The Kier molecular flexibility index (Phi) is 3.53. The van der Waals surface area contributed by atoms with Gasteiger partial charge in [0.05, 0.1) is 11.6 Å². The summed E-state index contributed by atoms with van der Waals surface area (Å²) in [7, 11) is 0. The predicted molar refractivity (Wildman–Crippen MR) is 67.4 cm³/mol. The number of nitrogens with one attached hydrogen (secondary N) is 1. The van der Waals surface area contributed by atoms with Gasteiger partial charge in [0.15, 0.2) is 0 Å². The first-order valence-electron chi connectivity index (χ1n) is 5.42. The SMILES string of the molecule is N#Cc1ccc(CNc2cccc(C#N)n2)cc1. The standard InChI is InChI=1S/C14H10N4/c15-8-11-4-6-12(7-5-11)10-17-14-3-1-2-13(9-16)18-14/h1-7H,10H2,(H,17,18). The molecule has 2 aromatic rings. The van der Waals surface area contributed by atoms with Crippen LogP contribution >= 0.6 is 0 Å². The van der Waals surface area contributed by atoms with Crippen molar-refractivity contribution < 1.29 is 0 Å². The van der Waals surface area contributed by atoms with Gasteiger partial charge < -0.3 is 5.32 Å². The lowest BCUT2D eigenvalue weighted by molar-refractivity contribution is 1.10. The molecular weight excluding hydrogens is 224 g/mol. The van der Waals surface area contributed by atoms with Crippen LogP contribution in [0.25, 0.3) is 0 Å². The quantitative estimate of drug-likeness (QED) is 0.885. The highest BCUT2D eigenvalue weighted by molar-refractivity contribution is 5.40. The second-order valence-electron chi connectivity index (χ2n) is 3.68. The number of benzene rings is 1. The van der Waals surface area contributed by atoms with E-state index in [1.54, 1.807) is 24.3 Å². The molecule has 0 bridgehead atoms. The molecule has 4 nitrogen and oxygen atoms in total. The van der Waals surface area contributed by atoms with Crippen LogP contribution in [0.2, 0.25) is 0 Å². The molecule has 4 heteroatoms. The maximum absolute atomic E-state index is 8.73. The zero-order valence-electron chi connectivity index (χ0n) is 9.59. The maximum atomic E-state index is 8.73. The Labute approximate surface area is 105 Å². The van der Waals surface area contributed by atoms with E-state index in [1.807, 2.05) is 24.3 Å². The summed E-state index contributed by atoms with van der Waals surface area (Å²) in [6.07, 6.45) is 0. The van der Waals surface area contributed by atoms with Crippen molar-refractivity contribution in [2.75, 3.05) is 5.32 Å². The lowest BCUT2D eigenvalue weighted by atomic mass is 10.1. The molecule has 0 saturated heterocycles. The van der Waals surface area contributed by atoms with Crippen LogP contribution in [0.5, 0.6) is 0 Å². The number of pyridine rings is 1. The van der Waals surface area contributed by atoms with Gasteiger partial charge in [-0.1, -0.05) is 18.2 Å². The third kappa shape index (κ3) is 2.84. The summed E-state index contributed by atoms with van der Waals surface area (Å²) in [4.78, 5) is 4.12. The number of aromatic nitrogens is 1. The zero-order valence-corrected chi connectivity index (χ0v) is 9.59. The molecule has 0 radical (unpaired) electrons. The average molecular weight is 234 g/mol. The lowest BCUT2D eigenvalue weighted by Gasteiger charge is -2.05. The van der Waals surface area contributed by atoms with Gasteiger partial charge in [-0.05, 0) is 29.8 Å². The molecule has 1 aromatic heterocycles. The molecule has 0 spiro atoms. The predicted octanol–water partition coefficient (Wildman–Crippen LogP) is 2.44. The van der Waals surface area contributed by atoms with Gasteiger partial charge in [-0.15, -0.1) is 0 Å². The molecule has 2 rings (SSSR count). The van der Waals surface area contributed by atoms with Crippen LogP contribution in [0.4, 0.5) is 5.82 Å². The first kappa shape index (κ1) is 11.6. The summed E-state index contributed by atoms with van der Waals surface area (Å²) in [5.74, 6) is 0.665. The fourth-order valence-electron chi connectivity index (χ4n) is 1.49. The molecule has 0 amide bonds. The monoisotopic (exact) mass is 234 g/mol. The van der Waals surface area contributed by atoms with E-state index in [4.69, 9.17) is 10.5 Å². The summed E-state index contributed by atoms with van der Waals surface area (Å²) >= 11 is 0. The first-order valence-corrected chi connectivity index (χ1v) is 5.42. The zero-order chi connectivity index (χ0) is 12.8. The van der Waals surface area contributed by atoms with Gasteiger partial charge in [0.1, 0.15) is 17.6 Å². The van der Waals surface area contributed by atoms with Crippen LogP contribution in [0, 0.1) is 22.7 Å². The van der Waals surface area contributed by atoms with Crippen LogP contribution in [-0.2, 0) is 6.54 Å². The molecule has 0 atom stereocenters. The topological polar surface area (TPSA) is 72.5 Å². The van der Waals surface area contributed by atoms with E-state index in [0.717, 1.165) is 5.56 Å². The average Bonchev–Trinajstić information content (AvgIpc) is 2.46. The van der Waals surface area contributed by atoms with Crippen molar-refractivity contribution >= 4 is 5.82 Å². The Bertz CT molecular complexity index is 617. The van der Waals surface area contributed by atoms with Crippen molar-refractivity contribution in [1.82, 2.24) is 4.98 Å². The van der Waals surface area contributed by atoms with Gasteiger partial charge in [-0.2, -0.15) is 10.5 Å². The number of anilines is 1. The lowest BCUT2D eigenvalue weighted by Crippen LogP contribution is -2.01. The second kappa shape index (κ2) is 5.47. The van der Waals surface area contributed by atoms with Crippen LogP contribution in [0.15, 0.2) is 42.5 Å². The highest BCUT2D eigenvalue weighted by Crippen LogP contribution is 2.08. The molecular formula is C14H10N4. The van der Waals surface area contributed by atoms with Crippen molar-refractivity contribution in [3.8, 4) is 12.1 Å². The molecule has 18 heavy (non-hydrogen) atoms. The van der Waals surface area contributed by atoms with E-state index < -0.39 is 0 Å². The Morgan fingerprint density at radius 1 is 1.00 bits per heavy atom. The number of nitrogens with zero attached hydrogens (tertiary/aromatic N) is 3. The van der Waals surface area contributed by atoms with E-state index in [-0.39, 0.29) is 0 Å². The van der Waals surface area contributed by atoms with Gasteiger partial charge in [0.2, 0.25) is 0 Å². The third-order valence-electron chi connectivity index (χ3n) is 2.42. The smallest absolute Gasteiger partial charge is 0.142 e. The Morgan fingerprint density at radius 3 is 2.44 bits per heavy atom. The summed E-state index contributed by atoms with van der Waals surface area (Å²) in [5, 5.41) is 20.5. The fraction of sp³-hybridized carbons (Fsp3) is 0.0714. The van der Waals surface area contributed by atoms with Crippen molar-refractivity contribution in [3.05, 3.63) is 59.3 Å². The third-order valence-corrected chi connectivity index (χ3v) is 2.42. The molecule has 0 aliphatic rings. The minimum Gasteiger partial charge on any atom is -0.366 e. The molecule has 0 aliphatic heterocycles.